The van der Waals surface area contributed by atoms with E-state index in [1.54, 1.807) is 23.1 Å². The van der Waals surface area contributed by atoms with Gasteiger partial charge in [0, 0.05) is 54.9 Å². The second-order valence-electron chi connectivity index (χ2n) is 7.79. The van der Waals surface area contributed by atoms with Crippen LogP contribution < -0.4 is 20.3 Å². The number of fused-ring (bicyclic) bond motifs is 1. The summed E-state index contributed by atoms with van der Waals surface area (Å²) in [4.78, 5) is 39.8. The van der Waals surface area contributed by atoms with Gasteiger partial charge in [-0.2, -0.15) is 0 Å². The highest BCUT2D eigenvalue weighted by molar-refractivity contribution is 6.39. The fourth-order valence-electron chi connectivity index (χ4n) is 4.07. The molecule has 0 saturated carbocycles. The summed E-state index contributed by atoms with van der Waals surface area (Å²) in [6.45, 7) is 2.54. The van der Waals surface area contributed by atoms with Gasteiger partial charge in [0.15, 0.2) is 17.4 Å². The predicted molar refractivity (Wildman–Crippen MR) is 114 cm³/mol. The van der Waals surface area contributed by atoms with Gasteiger partial charge in [-0.1, -0.05) is 0 Å². The number of amides is 3. The molecule has 0 aliphatic carbocycles. The van der Waals surface area contributed by atoms with Crippen molar-refractivity contribution in [1.29, 1.82) is 0 Å². The molecule has 4 rings (SSSR count). The fourth-order valence-corrected chi connectivity index (χ4v) is 4.07. The van der Waals surface area contributed by atoms with Crippen molar-refractivity contribution in [1.82, 2.24) is 4.90 Å². The highest BCUT2D eigenvalue weighted by Crippen LogP contribution is 2.30. The van der Waals surface area contributed by atoms with Gasteiger partial charge in [-0.25, -0.2) is 8.78 Å². The molecular weight excluding hydrogens is 422 g/mol. The van der Waals surface area contributed by atoms with Crippen LogP contribution in [0.1, 0.15) is 12.5 Å². The van der Waals surface area contributed by atoms with Crippen LogP contribution in [0.3, 0.4) is 0 Å². The zero-order valence-electron chi connectivity index (χ0n) is 17.6. The summed E-state index contributed by atoms with van der Waals surface area (Å²) in [5, 5.41) is 5.28. The third-order valence-electron chi connectivity index (χ3n) is 5.62. The maximum absolute atomic E-state index is 14.1. The molecule has 3 amide bonds. The highest BCUT2D eigenvalue weighted by Gasteiger charge is 2.31. The topological polar surface area (TPSA) is 91.0 Å². The van der Waals surface area contributed by atoms with Gasteiger partial charge in [0.25, 0.3) is 0 Å². The van der Waals surface area contributed by atoms with E-state index in [9.17, 15) is 23.2 Å². The van der Waals surface area contributed by atoms with E-state index in [0.29, 0.717) is 23.6 Å². The van der Waals surface area contributed by atoms with Crippen LogP contribution in [0.5, 0.6) is 5.75 Å². The zero-order valence-corrected chi connectivity index (χ0v) is 17.6. The number of piperazine rings is 1. The van der Waals surface area contributed by atoms with Crippen molar-refractivity contribution in [3.8, 4) is 5.75 Å². The fraction of sp³-hybridized carbons (Fsp3) is 0.318. The Labute approximate surface area is 183 Å². The molecular formula is C22H22F2N4O4. The molecule has 0 radical (unpaired) electrons. The molecule has 0 unspecified atom stereocenters. The van der Waals surface area contributed by atoms with E-state index in [1.807, 2.05) is 6.92 Å². The number of hydrogen-bond donors (Lipinski definition) is 2. The van der Waals surface area contributed by atoms with Crippen molar-refractivity contribution in [3.63, 3.8) is 0 Å². The average molecular weight is 444 g/mol. The summed E-state index contributed by atoms with van der Waals surface area (Å²) in [6.07, 6.45) is 0.221. The van der Waals surface area contributed by atoms with E-state index in [4.69, 9.17) is 4.74 Å². The summed E-state index contributed by atoms with van der Waals surface area (Å²) >= 11 is 0. The Hall–Kier alpha value is -3.69. The first-order valence-corrected chi connectivity index (χ1v) is 10.1. The van der Waals surface area contributed by atoms with Gasteiger partial charge in [-0.3, -0.25) is 14.4 Å². The van der Waals surface area contributed by atoms with Crippen molar-refractivity contribution < 1.29 is 27.9 Å². The molecule has 0 spiro atoms. The molecule has 2 aromatic carbocycles. The molecule has 168 valence electrons. The zero-order chi connectivity index (χ0) is 23.0. The number of carbonyl (C=O) groups is 3. The number of halogens is 2. The Kier molecular flexibility index (Phi) is 5.68. The largest absolute Gasteiger partial charge is 0.491 e. The maximum Gasteiger partial charge on any atom is 0.313 e. The van der Waals surface area contributed by atoms with Crippen LogP contribution in [-0.2, 0) is 20.8 Å². The van der Waals surface area contributed by atoms with E-state index in [1.165, 1.54) is 24.1 Å². The number of anilines is 3. The van der Waals surface area contributed by atoms with Crippen molar-refractivity contribution in [2.75, 3.05) is 42.3 Å². The van der Waals surface area contributed by atoms with Crippen LogP contribution in [0.4, 0.5) is 25.8 Å². The van der Waals surface area contributed by atoms with Gasteiger partial charge in [0.1, 0.15) is 0 Å². The second-order valence-corrected chi connectivity index (χ2v) is 7.79. The smallest absolute Gasteiger partial charge is 0.313 e. The molecule has 2 aromatic rings. The van der Waals surface area contributed by atoms with E-state index in [0.717, 1.165) is 5.56 Å². The number of ether oxygens (including phenoxy) is 1. The van der Waals surface area contributed by atoms with E-state index in [-0.39, 0.29) is 31.5 Å². The normalized spacial score (nSPS) is 17.6. The minimum Gasteiger partial charge on any atom is -0.491 e. The number of hydrogen-bond acceptors (Lipinski definition) is 5. The van der Waals surface area contributed by atoms with Crippen LogP contribution in [0, 0.1) is 11.6 Å². The van der Waals surface area contributed by atoms with Gasteiger partial charge in [0.05, 0.1) is 13.5 Å². The van der Waals surface area contributed by atoms with E-state index in [2.05, 4.69) is 10.6 Å². The lowest BCUT2D eigenvalue weighted by Crippen LogP contribution is -2.55. The number of nitrogens with zero attached hydrogens (tertiary/aromatic N) is 2. The van der Waals surface area contributed by atoms with Gasteiger partial charge < -0.3 is 25.2 Å². The molecule has 1 atom stereocenters. The monoisotopic (exact) mass is 444 g/mol. The summed E-state index contributed by atoms with van der Waals surface area (Å²) < 4.78 is 32.9. The molecule has 1 fully saturated rings. The third-order valence-corrected chi connectivity index (χ3v) is 5.62. The van der Waals surface area contributed by atoms with Crippen molar-refractivity contribution in [3.05, 3.63) is 47.5 Å². The van der Waals surface area contributed by atoms with Crippen LogP contribution in [0.25, 0.3) is 0 Å². The van der Waals surface area contributed by atoms with E-state index < -0.39 is 29.2 Å². The minimum absolute atomic E-state index is 0.122. The number of methoxy groups -OCH3 is 1. The second kappa shape index (κ2) is 8.45. The molecule has 32 heavy (non-hydrogen) atoms. The lowest BCUT2D eigenvalue weighted by atomic mass is 10.1. The molecule has 2 N–H and O–H groups in total. The van der Waals surface area contributed by atoms with Gasteiger partial charge in [-0.05, 0) is 30.7 Å². The molecule has 0 bridgehead atoms. The Balaban J connectivity index is 1.40. The Bertz CT molecular complexity index is 1080. The minimum atomic E-state index is -0.807. The molecule has 0 aromatic heterocycles. The van der Waals surface area contributed by atoms with Gasteiger partial charge >= 0.3 is 11.8 Å². The molecule has 8 nitrogen and oxygen atoms in total. The van der Waals surface area contributed by atoms with Gasteiger partial charge in [-0.15, -0.1) is 0 Å². The highest BCUT2D eigenvalue weighted by atomic mass is 19.1. The van der Waals surface area contributed by atoms with Crippen molar-refractivity contribution >= 4 is 34.8 Å². The summed E-state index contributed by atoms with van der Waals surface area (Å²) in [7, 11) is 1.19. The Morgan fingerprint density at radius 3 is 2.53 bits per heavy atom. The molecule has 2 heterocycles. The van der Waals surface area contributed by atoms with Crippen molar-refractivity contribution in [2.24, 2.45) is 0 Å². The lowest BCUT2D eigenvalue weighted by molar-refractivity contribution is -0.143. The number of benzene rings is 2. The first-order valence-electron chi connectivity index (χ1n) is 10.1. The van der Waals surface area contributed by atoms with Crippen LogP contribution in [0.15, 0.2) is 30.3 Å². The molecule has 2 aliphatic heterocycles. The SMILES string of the molecule is COc1c(F)cc(N2CCN(C(=O)C(=O)Nc3ccc4c(c3)CC(=O)N4)C[C@H]2C)cc1F. The lowest BCUT2D eigenvalue weighted by Gasteiger charge is -2.41. The van der Waals surface area contributed by atoms with Crippen LogP contribution >= 0.6 is 0 Å². The number of carbonyl (C=O) groups excluding carboxylic acids is 3. The summed E-state index contributed by atoms with van der Waals surface area (Å²) in [5.41, 5.74) is 2.21. The summed E-state index contributed by atoms with van der Waals surface area (Å²) in [6, 6.07) is 7.06. The standard InChI is InChI=1S/C22H22F2N4O4/c1-12-11-27(5-6-28(12)15-9-16(23)20(32-2)17(24)10-15)22(31)21(30)25-14-3-4-18-13(7-14)8-19(29)26-18/h3-4,7,9-10,12H,5-6,8,11H2,1-2H3,(H,25,30)(H,26,29)/t12-/m1/s1. The summed E-state index contributed by atoms with van der Waals surface area (Å²) in [5.74, 6) is -3.66. The number of rotatable bonds is 3. The first-order chi connectivity index (χ1) is 15.3. The third kappa shape index (κ3) is 4.08. The molecule has 2 aliphatic rings. The van der Waals surface area contributed by atoms with Crippen molar-refractivity contribution in [2.45, 2.75) is 19.4 Å². The average Bonchev–Trinajstić information content (AvgIpc) is 3.12. The number of nitrogens with one attached hydrogen (secondary N) is 2. The quantitative estimate of drug-likeness (QED) is 0.708. The van der Waals surface area contributed by atoms with Gasteiger partial charge in [0.2, 0.25) is 5.91 Å². The Morgan fingerprint density at radius 1 is 1.16 bits per heavy atom. The maximum atomic E-state index is 14.1. The van der Waals surface area contributed by atoms with E-state index >= 15 is 0 Å². The molecule has 1 saturated heterocycles. The van der Waals surface area contributed by atoms with Crippen LogP contribution in [-0.4, -0.2) is 55.4 Å². The predicted octanol–water partition coefficient (Wildman–Crippen LogP) is 2.14. The van der Waals surface area contributed by atoms with Crippen LogP contribution in [0.2, 0.25) is 0 Å². The first kappa shape index (κ1) is 21.5. The molecule has 10 heteroatoms. The Morgan fingerprint density at radius 2 is 1.88 bits per heavy atom.